The second-order valence-electron chi connectivity index (χ2n) is 6.69. The van der Waals surface area contributed by atoms with Gasteiger partial charge in [0.25, 0.3) is 0 Å². The Morgan fingerprint density at radius 1 is 1.12 bits per heavy atom. The summed E-state index contributed by atoms with van der Waals surface area (Å²) in [6.45, 7) is 4.12. The fourth-order valence-electron chi connectivity index (χ4n) is 3.31. The van der Waals surface area contributed by atoms with Crippen LogP contribution < -0.4 is 15.4 Å². The number of carbonyl (C=O) groups excluding carboxylic acids is 1. The Balaban J connectivity index is 1.47. The predicted octanol–water partition coefficient (Wildman–Crippen LogP) is 3.79. The molecule has 5 nitrogen and oxygen atoms in total. The molecule has 0 bridgehead atoms. The first kappa shape index (κ1) is 18.1. The van der Waals surface area contributed by atoms with Gasteiger partial charge in [-0.3, -0.25) is 0 Å². The third-order valence-corrected chi connectivity index (χ3v) is 4.91. The molecule has 1 fully saturated rings. The molecule has 0 unspecified atom stereocenters. The maximum Gasteiger partial charge on any atom is 0.317 e. The number of hydrogen-bond donors (Lipinski definition) is 2. The quantitative estimate of drug-likeness (QED) is 0.860. The number of nitrogens with one attached hydrogen (secondary N) is 2. The zero-order valence-corrected chi connectivity index (χ0v) is 15.5. The van der Waals surface area contributed by atoms with Crippen molar-refractivity contribution in [2.45, 2.75) is 32.4 Å². The average molecular weight is 353 g/mol. The first-order valence-electron chi connectivity index (χ1n) is 9.14. The zero-order valence-electron chi connectivity index (χ0n) is 15.5. The fraction of sp³-hybridized carbons (Fsp3) is 0.381. The molecule has 2 aromatic rings. The van der Waals surface area contributed by atoms with Gasteiger partial charge in [-0.2, -0.15) is 0 Å². The molecule has 2 amide bonds. The van der Waals surface area contributed by atoms with E-state index in [4.69, 9.17) is 4.74 Å². The Labute approximate surface area is 155 Å². The second kappa shape index (κ2) is 8.61. The standard InChI is InChI=1S/C21H27N3O2/c1-16-7-3-5-9-19(16)23-18-11-13-24(14-12-18)21(25)22-15-17-8-4-6-10-20(17)26-2/h3-10,18,23H,11-15H2,1-2H3,(H,22,25). The molecule has 0 aromatic heterocycles. The van der Waals surface area contributed by atoms with Gasteiger partial charge in [-0.1, -0.05) is 36.4 Å². The summed E-state index contributed by atoms with van der Waals surface area (Å²) in [4.78, 5) is 14.3. The molecule has 2 aromatic carbocycles. The minimum absolute atomic E-state index is 0.00903. The largest absolute Gasteiger partial charge is 0.496 e. The van der Waals surface area contributed by atoms with Crippen molar-refractivity contribution in [3.8, 4) is 5.75 Å². The van der Waals surface area contributed by atoms with E-state index in [1.54, 1.807) is 7.11 Å². The zero-order chi connectivity index (χ0) is 18.4. The van der Waals surface area contributed by atoms with Crippen LogP contribution in [0.4, 0.5) is 10.5 Å². The monoisotopic (exact) mass is 353 g/mol. The number of aryl methyl sites for hydroxylation is 1. The minimum Gasteiger partial charge on any atom is -0.496 e. The lowest BCUT2D eigenvalue weighted by molar-refractivity contribution is 0.183. The number of anilines is 1. The van der Waals surface area contributed by atoms with Crippen molar-refractivity contribution in [2.75, 3.05) is 25.5 Å². The Kier molecular flexibility index (Phi) is 6.00. The molecular formula is C21H27N3O2. The lowest BCUT2D eigenvalue weighted by Crippen LogP contribution is -2.46. The van der Waals surface area contributed by atoms with Gasteiger partial charge in [0.15, 0.2) is 0 Å². The maximum absolute atomic E-state index is 12.4. The first-order chi connectivity index (χ1) is 12.7. The molecule has 0 spiro atoms. The van der Waals surface area contributed by atoms with Gasteiger partial charge in [0.1, 0.15) is 5.75 Å². The fourth-order valence-corrected chi connectivity index (χ4v) is 3.31. The van der Waals surface area contributed by atoms with E-state index in [2.05, 4.69) is 41.8 Å². The molecule has 0 radical (unpaired) electrons. The van der Waals surface area contributed by atoms with Gasteiger partial charge in [0.05, 0.1) is 7.11 Å². The van der Waals surface area contributed by atoms with Crippen LogP contribution in [0.2, 0.25) is 0 Å². The van der Waals surface area contributed by atoms with Crippen molar-refractivity contribution >= 4 is 11.7 Å². The summed E-state index contributed by atoms with van der Waals surface area (Å²) in [5.74, 6) is 0.800. The van der Waals surface area contributed by atoms with E-state index in [-0.39, 0.29) is 6.03 Å². The molecule has 26 heavy (non-hydrogen) atoms. The van der Waals surface area contributed by atoms with Gasteiger partial charge in [0, 0.05) is 36.9 Å². The van der Waals surface area contributed by atoms with Crippen molar-refractivity contribution < 1.29 is 9.53 Å². The van der Waals surface area contributed by atoms with Crippen LogP contribution in [0.3, 0.4) is 0 Å². The Hall–Kier alpha value is -2.69. The second-order valence-corrected chi connectivity index (χ2v) is 6.69. The Morgan fingerprint density at radius 2 is 1.81 bits per heavy atom. The number of piperidine rings is 1. The average Bonchev–Trinajstić information content (AvgIpc) is 2.68. The highest BCUT2D eigenvalue weighted by molar-refractivity contribution is 5.74. The van der Waals surface area contributed by atoms with Crippen molar-refractivity contribution in [3.05, 3.63) is 59.7 Å². The Morgan fingerprint density at radius 3 is 2.54 bits per heavy atom. The molecule has 5 heteroatoms. The van der Waals surface area contributed by atoms with Gasteiger partial charge in [-0.05, 0) is 37.5 Å². The molecule has 1 aliphatic heterocycles. The molecule has 1 saturated heterocycles. The lowest BCUT2D eigenvalue weighted by Gasteiger charge is -2.33. The topological polar surface area (TPSA) is 53.6 Å². The van der Waals surface area contributed by atoms with Gasteiger partial charge >= 0.3 is 6.03 Å². The van der Waals surface area contributed by atoms with Crippen molar-refractivity contribution in [2.24, 2.45) is 0 Å². The SMILES string of the molecule is COc1ccccc1CNC(=O)N1CCC(Nc2ccccc2C)CC1. The molecule has 1 aliphatic rings. The van der Waals surface area contributed by atoms with Crippen LogP contribution in [-0.2, 0) is 6.54 Å². The van der Waals surface area contributed by atoms with Crippen molar-refractivity contribution in [3.63, 3.8) is 0 Å². The first-order valence-corrected chi connectivity index (χ1v) is 9.14. The summed E-state index contributed by atoms with van der Waals surface area (Å²) < 4.78 is 5.33. The van der Waals surface area contributed by atoms with Crippen LogP contribution in [0.5, 0.6) is 5.75 Å². The number of rotatable bonds is 5. The van der Waals surface area contributed by atoms with Crippen LogP contribution in [0, 0.1) is 6.92 Å². The molecular weight excluding hydrogens is 326 g/mol. The molecule has 1 heterocycles. The van der Waals surface area contributed by atoms with Gasteiger partial charge in [-0.25, -0.2) is 4.79 Å². The van der Waals surface area contributed by atoms with E-state index < -0.39 is 0 Å². The highest BCUT2D eigenvalue weighted by atomic mass is 16.5. The van der Waals surface area contributed by atoms with Crippen LogP contribution in [-0.4, -0.2) is 37.2 Å². The number of nitrogens with zero attached hydrogens (tertiary/aromatic N) is 1. The summed E-state index contributed by atoms with van der Waals surface area (Å²) in [7, 11) is 1.65. The molecule has 0 saturated carbocycles. The van der Waals surface area contributed by atoms with Crippen LogP contribution in [0.25, 0.3) is 0 Å². The smallest absolute Gasteiger partial charge is 0.317 e. The van der Waals surface area contributed by atoms with Gasteiger partial charge in [-0.15, -0.1) is 0 Å². The number of ether oxygens (including phenoxy) is 1. The summed E-state index contributed by atoms with van der Waals surface area (Å²) in [5, 5.41) is 6.61. The van der Waals surface area contributed by atoms with Gasteiger partial charge in [0.2, 0.25) is 0 Å². The number of amides is 2. The van der Waals surface area contributed by atoms with E-state index in [1.165, 1.54) is 11.3 Å². The van der Waals surface area contributed by atoms with E-state index in [1.807, 2.05) is 29.2 Å². The summed E-state index contributed by atoms with van der Waals surface area (Å²) in [6, 6.07) is 16.5. The number of carbonyl (C=O) groups is 1. The molecule has 2 N–H and O–H groups in total. The number of methoxy groups -OCH3 is 1. The number of para-hydroxylation sites is 2. The molecule has 138 valence electrons. The van der Waals surface area contributed by atoms with Crippen LogP contribution >= 0.6 is 0 Å². The molecule has 0 atom stereocenters. The third-order valence-electron chi connectivity index (χ3n) is 4.91. The highest BCUT2D eigenvalue weighted by Gasteiger charge is 2.22. The maximum atomic E-state index is 12.4. The van der Waals surface area contributed by atoms with Crippen LogP contribution in [0.15, 0.2) is 48.5 Å². The molecule has 0 aliphatic carbocycles. The van der Waals surface area contributed by atoms with Gasteiger partial charge < -0.3 is 20.3 Å². The number of urea groups is 1. The number of benzene rings is 2. The third kappa shape index (κ3) is 4.48. The predicted molar refractivity (Wildman–Crippen MR) is 105 cm³/mol. The number of hydrogen-bond acceptors (Lipinski definition) is 3. The summed E-state index contributed by atoms with van der Waals surface area (Å²) in [5.41, 5.74) is 3.43. The van der Waals surface area contributed by atoms with E-state index >= 15 is 0 Å². The van der Waals surface area contributed by atoms with Crippen molar-refractivity contribution in [1.29, 1.82) is 0 Å². The normalized spacial score (nSPS) is 14.8. The van der Waals surface area contributed by atoms with E-state index in [0.29, 0.717) is 12.6 Å². The minimum atomic E-state index is -0.00903. The molecule has 3 rings (SSSR count). The lowest BCUT2D eigenvalue weighted by atomic mass is 10.0. The highest BCUT2D eigenvalue weighted by Crippen LogP contribution is 2.20. The van der Waals surface area contributed by atoms with Crippen LogP contribution in [0.1, 0.15) is 24.0 Å². The summed E-state index contributed by atoms with van der Waals surface area (Å²) in [6.07, 6.45) is 1.91. The Bertz CT molecular complexity index is 740. The van der Waals surface area contributed by atoms with E-state index in [9.17, 15) is 4.79 Å². The summed E-state index contributed by atoms with van der Waals surface area (Å²) >= 11 is 0. The van der Waals surface area contributed by atoms with E-state index in [0.717, 1.165) is 37.2 Å². The van der Waals surface area contributed by atoms with Crippen molar-refractivity contribution in [1.82, 2.24) is 10.2 Å². The number of likely N-dealkylation sites (tertiary alicyclic amines) is 1.